The first-order valence-corrected chi connectivity index (χ1v) is 10.2. The van der Waals surface area contributed by atoms with Crippen molar-refractivity contribution >= 4 is 17.3 Å². The topological polar surface area (TPSA) is 116 Å². The predicted molar refractivity (Wildman–Crippen MR) is 115 cm³/mol. The molecule has 3 atom stereocenters. The summed E-state index contributed by atoms with van der Waals surface area (Å²) in [5.74, 6) is -0.499. The zero-order valence-corrected chi connectivity index (χ0v) is 17.5. The van der Waals surface area contributed by atoms with Gasteiger partial charge in [0, 0.05) is 37.4 Å². The van der Waals surface area contributed by atoms with Crippen LogP contribution in [0.15, 0.2) is 36.5 Å². The zero-order valence-electron chi connectivity index (χ0n) is 17.5. The lowest BCUT2D eigenvalue weighted by atomic mass is 9.85. The van der Waals surface area contributed by atoms with E-state index in [2.05, 4.69) is 26.2 Å². The lowest BCUT2D eigenvalue weighted by Crippen LogP contribution is -2.70. The largest absolute Gasteiger partial charge is 0.379 e. The van der Waals surface area contributed by atoms with Crippen LogP contribution in [-0.2, 0) is 4.79 Å². The molecular weight excluding hydrogens is 392 g/mol. The van der Waals surface area contributed by atoms with Crippen molar-refractivity contribution in [3.63, 3.8) is 0 Å². The molecule has 8 nitrogen and oxygen atoms in total. The average Bonchev–Trinajstić information content (AvgIpc) is 2.74. The van der Waals surface area contributed by atoms with Gasteiger partial charge in [-0.25, -0.2) is 4.98 Å². The number of aromatic nitrogens is 1. The average molecular weight is 416 g/mol. The molecule has 1 aromatic carbocycles. The maximum atomic E-state index is 12.7. The number of carbonyl (C=O) groups excluding carboxylic acids is 1. The first kappa shape index (κ1) is 20.8. The van der Waals surface area contributed by atoms with Gasteiger partial charge in [0.2, 0.25) is 0 Å². The molecule has 1 aromatic heterocycles. The molecule has 3 aliphatic rings. The Hall–Kier alpha value is -3.46. The molecule has 31 heavy (non-hydrogen) atoms. The Bertz CT molecular complexity index is 1070. The molecule has 4 heterocycles. The fourth-order valence-corrected chi connectivity index (χ4v) is 4.49. The smallest absolute Gasteiger partial charge is 0.257 e. The van der Waals surface area contributed by atoms with E-state index >= 15 is 0 Å². The monoisotopic (exact) mass is 416 g/mol. The van der Waals surface area contributed by atoms with Crippen LogP contribution in [0.1, 0.15) is 30.2 Å². The Balaban J connectivity index is 1.36. The van der Waals surface area contributed by atoms with Crippen LogP contribution in [0.3, 0.4) is 0 Å². The fraction of sp³-hybridized carbons (Fsp3) is 0.391. The molecule has 5 rings (SSSR count). The summed E-state index contributed by atoms with van der Waals surface area (Å²) in [7, 11) is 0. The van der Waals surface area contributed by atoms with Crippen molar-refractivity contribution < 1.29 is 9.90 Å². The molecule has 158 valence electrons. The third kappa shape index (κ3) is 4.09. The number of anilines is 2. The van der Waals surface area contributed by atoms with Crippen LogP contribution >= 0.6 is 0 Å². The molecule has 1 amide bonds. The van der Waals surface area contributed by atoms with E-state index in [1.807, 2.05) is 30.3 Å². The van der Waals surface area contributed by atoms with E-state index in [0.29, 0.717) is 34.6 Å². The quantitative estimate of drug-likeness (QED) is 0.763. The number of hydrogen-bond acceptors (Lipinski definition) is 7. The molecule has 2 N–H and O–H groups in total. The van der Waals surface area contributed by atoms with Crippen molar-refractivity contribution in [1.82, 2.24) is 9.88 Å². The Morgan fingerprint density at radius 1 is 1.26 bits per heavy atom. The Morgan fingerprint density at radius 2 is 1.94 bits per heavy atom. The molecular formula is C23H24N6O2. The molecule has 2 unspecified atom stereocenters. The number of benzene rings is 1. The van der Waals surface area contributed by atoms with Gasteiger partial charge in [0.15, 0.2) is 5.60 Å². The molecule has 0 saturated carbocycles. The van der Waals surface area contributed by atoms with Crippen molar-refractivity contribution in [3.8, 4) is 12.1 Å². The molecule has 3 saturated heterocycles. The molecule has 2 aromatic rings. The number of fused-ring (bicyclic) bond motifs is 2. The second-order valence-electron chi connectivity index (χ2n) is 8.53. The lowest BCUT2D eigenvalue weighted by molar-refractivity contribution is -0.135. The number of nitrogens with one attached hydrogen (secondary N) is 1. The normalized spacial score (nSPS) is 21.9. The van der Waals surface area contributed by atoms with E-state index in [1.165, 1.54) is 13.1 Å². The highest BCUT2D eigenvalue weighted by atomic mass is 16.3. The second kappa shape index (κ2) is 7.99. The highest BCUT2D eigenvalue weighted by Crippen LogP contribution is 2.37. The van der Waals surface area contributed by atoms with Crippen molar-refractivity contribution in [3.05, 3.63) is 53.3 Å². The number of aliphatic hydroxyl groups is 1. The summed E-state index contributed by atoms with van der Waals surface area (Å²) in [6, 6.07) is 14.1. The number of nitrogens with zero attached hydrogens (tertiary/aromatic N) is 5. The summed E-state index contributed by atoms with van der Waals surface area (Å²) in [5.41, 5.74) is 1.61. The Kier molecular flexibility index (Phi) is 5.36. The van der Waals surface area contributed by atoms with Gasteiger partial charge in [-0.3, -0.25) is 9.69 Å². The van der Waals surface area contributed by atoms with E-state index in [4.69, 9.17) is 10.5 Å². The first-order valence-electron chi connectivity index (χ1n) is 10.2. The van der Waals surface area contributed by atoms with Crippen LogP contribution in [0.25, 0.3) is 0 Å². The number of piperazine rings is 1. The van der Waals surface area contributed by atoms with Crippen molar-refractivity contribution in [2.24, 2.45) is 0 Å². The van der Waals surface area contributed by atoms with Gasteiger partial charge in [0.05, 0.1) is 23.5 Å². The zero-order chi connectivity index (χ0) is 22.2. The highest BCUT2D eigenvalue weighted by molar-refractivity contribution is 5.97. The number of pyridine rings is 1. The molecule has 8 heteroatoms. The van der Waals surface area contributed by atoms with Crippen molar-refractivity contribution in [2.45, 2.75) is 38.0 Å². The van der Waals surface area contributed by atoms with Crippen molar-refractivity contribution in [2.75, 3.05) is 29.9 Å². The Morgan fingerprint density at radius 3 is 2.52 bits per heavy atom. The number of piperidine rings is 1. The van der Waals surface area contributed by atoms with Gasteiger partial charge in [0.1, 0.15) is 11.8 Å². The van der Waals surface area contributed by atoms with Gasteiger partial charge in [-0.1, -0.05) is 0 Å². The summed E-state index contributed by atoms with van der Waals surface area (Å²) in [6.07, 6.45) is 2.51. The highest BCUT2D eigenvalue weighted by Gasteiger charge is 2.46. The first-order chi connectivity index (χ1) is 14.8. The predicted octanol–water partition coefficient (Wildman–Crippen LogP) is 1.79. The number of aryl methyl sites for hydroxylation is 1. The number of hydrogen-bond donors (Lipinski definition) is 2. The number of carbonyl (C=O) groups is 1. The molecule has 2 bridgehead atoms. The molecule has 3 fully saturated rings. The van der Waals surface area contributed by atoms with Gasteiger partial charge >= 0.3 is 0 Å². The standard InChI is InChI=1S/C23H24N6O2/c1-15-7-17(11-26-21(15)10-25)27-22(30)23(2,31)14-28-12-19-8-20(13-28)29(19)18-5-3-16(9-24)4-6-18/h3-7,11,19-20,31H,8,12-14H2,1-2H3,(H,27,30)/t19?,20?,23-/m0/s1. The summed E-state index contributed by atoms with van der Waals surface area (Å²) in [5, 5.41) is 31.5. The molecule has 0 aliphatic carbocycles. The molecule has 0 radical (unpaired) electrons. The van der Waals surface area contributed by atoms with Gasteiger partial charge in [0.25, 0.3) is 5.91 Å². The maximum absolute atomic E-state index is 12.7. The van der Waals surface area contributed by atoms with Gasteiger partial charge in [-0.05, 0) is 56.2 Å². The number of nitriles is 2. The number of amides is 1. The minimum atomic E-state index is -1.56. The van der Waals surface area contributed by atoms with E-state index in [-0.39, 0.29) is 6.54 Å². The van der Waals surface area contributed by atoms with E-state index in [0.717, 1.165) is 25.2 Å². The SMILES string of the molecule is Cc1cc(NC(=O)[C@@](C)(O)CN2CC3CC(C2)N3c2ccc(C#N)cc2)cnc1C#N. The van der Waals surface area contributed by atoms with Crippen LogP contribution in [-0.4, -0.2) is 58.2 Å². The molecule has 3 aliphatic heterocycles. The van der Waals surface area contributed by atoms with Crippen LogP contribution in [0.4, 0.5) is 11.4 Å². The molecule has 0 spiro atoms. The van der Waals surface area contributed by atoms with E-state index < -0.39 is 11.5 Å². The lowest BCUT2D eigenvalue weighted by Gasteiger charge is -2.58. The van der Waals surface area contributed by atoms with Gasteiger partial charge in [-0.2, -0.15) is 10.5 Å². The van der Waals surface area contributed by atoms with Gasteiger partial charge < -0.3 is 15.3 Å². The van der Waals surface area contributed by atoms with E-state index in [9.17, 15) is 9.90 Å². The number of rotatable bonds is 5. The fourth-order valence-electron chi connectivity index (χ4n) is 4.49. The maximum Gasteiger partial charge on any atom is 0.257 e. The van der Waals surface area contributed by atoms with Crippen LogP contribution in [0.2, 0.25) is 0 Å². The minimum Gasteiger partial charge on any atom is -0.379 e. The van der Waals surface area contributed by atoms with E-state index in [1.54, 1.807) is 13.0 Å². The Labute approximate surface area is 181 Å². The summed E-state index contributed by atoms with van der Waals surface area (Å²) in [6.45, 7) is 5.02. The summed E-state index contributed by atoms with van der Waals surface area (Å²) >= 11 is 0. The minimum absolute atomic E-state index is 0.232. The second-order valence-corrected chi connectivity index (χ2v) is 8.53. The van der Waals surface area contributed by atoms with Crippen molar-refractivity contribution in [1.29, 1.82) is 10.5 Å². The van der Waals surface area contributed by atoms with Crippen LogP contribution in [0, 0.1) is 29.6 Å². The summed E-state index contributed by atoms with van der Waals surface area (Å²) in [4.78, 5) is 21.2. The summed E-state index contributed by atoms with van der Waals surface area (Å²) < 4.78 is 0. The van der Waals surface area contributed by atoms with Gasteiger partial charge in [-0.15, -0.1) is 0 Å². The third-order valence-electron chi connectivity index (χ3n) is 6.03. The van der Waals surface area contributed by atoms with Crippen LogP contribution < -0.4 is 10.2 Å². The van der Waals surface area contributed by atoms with Crippen LogP contribution in [0.5, 0.6) is 0 Å². The third-order valence-corrected chi connectivity index (χ3v) is 6.03.